The zero-order valence-electron chi connectivity index (χ0n) is 7.71. The maximum atomic E-state index is 6.17. The molecule has 1 aromatic rings. The minimum absolute atomic E-state index is 0.386. The van der Waals surface area contributed by atoms with Crippen LogP contribution in [0, 0.1) is 6.92 Å². The van der Waals surface area contributed by atoms with E-state index in [1.165, 1.54) is 0 Å². The Labute approximate surface area is 76.7 Å². The second-order valence-electron chi connectivity index (χ2n) is 3.54. The van der Waals surface area contributed by atoms with Crippen LogP contribution in [0.15, 0.2) is 4.52 Å². The van der Waals surface area contributed by atoms with E-state index in [1.54, 1.807) is 6.92 Å². The fourth-order valence-corrected chi connectivity index (χ4v) is 1.60. The Balaban J connectivity index is 2.22. The Morgan fingerprint density at radius 3 is 2.69 bits per heavy atom. The van der Waals surface area contributed by atoms with Gasteiger partial charge in [0.25, 0.3) is 0 Å². The maximum absolute atomic E-state index is 6.17. The molecule has 3 N–H and O–H groups in total. The van der Waals surface area contributed by atoms with Crippen LogP contribution in [0.5, 0.6) is 0 Å². The first-order valence-electron chi connectivity index (χ1n) is 4.51. The van der Waals surface area contributed by atoms with E-state index < -0.39 is 0 Å². The number of aromatic nitrogens is 2. The number of nitrogens with two attached hydrogens (primary N) is 1. The summed E-state index contributed by atoms with van der Waals surface area (Å²) in [6.07, 6.45) is 1.73. The van der Waals surface area contributed by atoms with E-state index in [0.29, 0.717) is 11.7 Å². The number of aryl methyl sites for hydroxylation is 1. The van der Waals surface area contributed by atoms with Crippen LogP contribution in [0.2, 0.25) is 0 Å². The largest absolute Gasteiger partial charge is 0.340 e. The van der Waals surface area contributed by atoms with Crippen molar-refractivity contribution < 1.29 is 4.52 Å². The van der Waals surface area contributed by atoms with Crippen molar-refractivity contribution in [2.45, 2.75) is 25.3 Å². The predicted molar refractivity (Wildman–Crippen MR) is 47.0 cm³/mol. The minimum Gasteiger partial charge on any atom is -0.340 e. The smallest absolute Gasteiger partial charge is 0.223 e. The van der Waals surface area contributed by atoms with Gasteiger partial charge in [-0.05, 0) is 25.9 Å². The van der Waals surface area contributed by atoms with Gasteiger partial charge in [0.1, 0.15) is 0 Å². The molecule has 1 fully saturated rings. The summed E-state index contributed by atoms with van der Waals surface area (Å²) >= 11 is 0. The second kappa shape index (κ2) is 3.08. The highest BCUT2D eigenvalue weighted by Crippen LogP contribution is 2.24. The van der Waals surface area contributed by atoms with Crippen LogP contribution in [0.3, 0.4) is 0 Å². The van der Waals surface area contributed by atoms with E-state index in [1.807, 2.05) is 0 Å². The van der Waals surface area contributed by atoms with E-state index in [0.717, 1.165) is 25.9 Å². The standard InChI is InChI=1S/C8H14N4O/c1-6-11-7(12-13-6)8(9)2-4-10-5-3-8/h10H,2-5,9H2,1H3. The van der Waals surface area contributed by atoms with Crippen molar-refractivity contribution in [2.24, 2.45) is 5.73 Å². The third-order valence-corrected chi connectivity index (χ3v) is 2.47. The minimum atomic E-state index is -0.386. The van der Waals surface area contributed by atoms with Crippen LogP contribution in [-0.2, 0) is 5.54 Å². The molecule has 13 heavy (non-hydrogen) atoms. The Morgan fingerprint density at radius 2 is 2.15 bits per heavy atom. The van der Waals surface area contributed by atoms with Crippen LogP contribution in [0.25, 0.3) is 0 Å². The molecule has 5 heteroatoms. The summed E-state index contributed by atoms with van der Waals surface area (Å²) in [5, 5.41) is 7.12. The number of rotatable bonds is 1. The lowest BCUT2D eigenvalue weighted by molar-refractivity contribution is 0.286. The molecule has 2 heterocycles. The first-order valence-corrected chi connectivity index (χ1v) is 4.51. The second-order valence-corrected chi connectivity index (χ2v) is 3.54. The average Bonchev–Trinajstić information content (AvgIpc) is 2.54. The molecule has 72 valence electrons. The molecule has 1 aliphatic heterocycles. The molecule has 0 bridgehead atoms. The van der Waals surface area contributed by atoms with Gasteiger partial charge in [-0.3, -0.25) is 0 Å². The fraction of sp³-hybridized carbons (Fsp3) is 0.750. The van der Waals surface area contributed by atoms with Crippen molar-refractivity contribution in [3.05, 3.63) is 11.7 Å². The Morgan fingerprint density at radius 1 is 1.46 bits per heavy atom. The predicted octanol–water partition coefficient (Wildman–Crippen LogP) is -0.0846. The molecule has 5 nitrogen and oxygen atoms in total. The lowest BCUT2D eigenvalue weighted by Crippen LogP contribution is -2.47. The van der Waals surface area contributed by atoms with Crippen LogP contribution >= 0.6 is 0 Å². The lowest BCUT2D eigenvalue weighted by Gasteiger charge is -2.30. The number of hydrogen-bond acceptors (Lipinski definition) is 5. The molecule has 0 saturated carbocycles. The number of piperidine rings is 1. The molecule has 0 radical (unpaired) electrons. The van der Waals surface area contributed by atoms with Gasteiger partial charge in [-0.1, -0.05) is 5.16 Å². The molecular weight excluding hydrogens is 168 g/mol. The summed E-state index contributed by atoms with van der Waals surface area (Å²) in [6.45, 7) is 3.62. The van der Waals surface area contributed by atoms with Gasteiger partial charge in [0, 0.05) is 6.92 Å². The van der Waals surface area contributed by atoms with E-state index in [-0.39, 0.29) is 5.54 Å². The molecule has 0 aliphatic carbocycles. The van der Waals surface area contributed by atoms with Gasteiger partial charge in [0.2, 0.25) is 5.89 Å². The quantitative estimate of drug-likeness (QED) is 0.635. The summed E-state index contributed by atoms with van der Waals surface area (Å²) in [4.78, 5) is 4.18. The zero-order valence-corrected chi connectivity index (χ0v) is 7.71. The maximum Gasteiger partial charge on any atom is 0.223 e. The molecule has 0 amide bonds. The van der Waals surface area contributed by atoms with Crippen LogP contribution < -0.4 is 11.1 Å². The van der Waals surface area contributed by atoms with Crippen molar-refractivity contribution >= 4 is 0 Å². The van der Waals surface area contributed by atoms with Gasteiger partial charge in [0.05, 0.1) is 5.54 Å². The third kappa shape index (κ3) is 1.57. The Kier molecular flexibility index (Phi) is 2.05. The summed E-state index contributed by atoms with van der Waals surface area (Å²) in [5.74, 6) is 1.23. The number of hydrogen-bond donors (Lipinski definition) is 2. The van der Waals surface area contributed by atoms with E-state index in [9.17, 15) is 0 Å². The zero-order chi connectivity index (χ0) is 9.31. The van der Waals surface area contributed by atoms with Crippen LogP contribution in [0.1, 0.15) is 24.6 Å². The molecule has 0 spiro atoms. The molecule has 1 aromatic heterocycles. The van der Waals surface area contributed by atoms with Crippen molar-refractivity contribution in [3.8, 4) is 0 Å². The van der Waals surface area contributed by atoms with Crippen LogP contribution in [0.4, 0.5) is 0 Å². The summed E-state index contributed by atoms with van der Waals surface area (Å²) in [7, 11) is 0. The first-order chi connectivity index (χ1) is 6.21. The Bertz CT molecular complexity index is 290. The third-order valence-electron chi connectivity index (χ3n) is 2.47. The SMILES string of the molecule is Cc1nc(C2(N)CCNCC2)no1. The normalized spacial score (nSPS) is 21.7. The van der Waals surface area contributed by atoms with Gasteiger partial charge < -0.3 is 15.6 Å². The topological polar surface area (TPSA) is 77.0 Å². The van der Waals surface area contributed by atoms with Gasteiger partial charge in [-0.2, -0.15) is 4.98 Å². The molecule has 0 unspecified atom stereocenters. The number of nitrogens with one attached hydrogen (secondary N) is 1. The van der Waals surface area contributed by atoms with E-state index >= 15 is 0 Å². The molecule has 0 atom stereocenters. The van der Waals surface area contributed by atoms with Crippen molar-refractivity contribution in [1.82, 2.24) is 15.5 Å². The molecular formula is C8H14N4O. The van der Waals surface area contributed by atoms with Gasteiger partial charge in [-0.15, -0.1) is 0 Å². The lowest BCUT2D eigenvalue weighted by atomic mass is 9.89. The van der Waals surface area contributed by atoms with Crippen molar-refractivity contribution in [3.63, 3.8) is 0 Å². The summed E-state index contributed by atoms with van der Waals surface area (Å²) in [5.41, 5.74) is 5.78. The van der Waals surface area contributed by atoms with Gasteiger partial charge in [-0.25, -0.2) is 0 Å². The fourth-order valence-electron chi connectivity index (χ4n) is 1.60. The molecule has 0 aromatic carbocycles. The highest BCUT2D eigenvalue weighted by atomic mass is 16.5. The highest BCUT2D eigenvalue weighted by Gasteiger charge is 2.33. The Hall–Kier alpha value is -0.940. The summed E-state index contributed by atoms with van der Waals surface area (Å²) in [6, 6.07) is 0. The molecule has 2 rings (SSSR count). The van der Waals surface area contributed by atoms with Crippen molar-refractivity contribution in [2.75, 3.05) is 13.1 Å². The molecule has 1 saturated heterocycles. The molecule has 1 aliphatic rings. The van der Waals surface area contributed by atoms with E-state index in [4.69, 9.17) is 10.3 Å². The summed E-state index contributed by atoms with van der Waals surface area (Å²) < 4.78 is 4.92. The average molecular weight is 182 g/mol. The first kappa shape index (κ1) is 8.65. The van der Waals surface area contributed by atoms with Gasteiger partial charge in [0.15, 0.2) is 5.82 Å². The van der Waals surface area contributed by atoms with Crippen LogP contribution in [-0.4, -0.2) is 23.2 Å². The number of nitrogens with zero attached hydrogens (tertiary/aromatic N) is 2. The van der Waals surface area contributed by atoms with Gasteiger partial charge >= 0.3 is 0 Å². The monoisotopic (exact) mass is 182 g/mol. The van der Waals surface area contributed by atoms with Crippen molar-refractivity contribution in [1.29, 1.82) is 0 Å². The highest BCUT2D eigenvalue weighted by molar-refractivity contribution is 5.05. The van der Waals surface area contributed by atoms with E-state index in [2.05, 4.69) is 15.5 Å².